The van der Waals surface area contributed by atoms with Crippen LogP contribution in [0.3, 0.4) is 0 Å². The van der Waals surface area contributed by atoms with Crippen LogP contribution >= 0.6 is 0 Å². The van der Waals surface area contributed by atoms with Gasteiger partial charge < -0.3 is 0 Å². The van der Waals surface area contributed by atoms with Crippen LogP contribution in [0.1, 0.15) is 0 Å². The number of nitrogens with one attached hydrogen (secondary N) is 1. The zero-order valence-electron chi connectivity index (χ0n) is 2.55. The van der Waals surface area contributed by atoms with Crippen LogP contribution in [0.5, 0.6) is 0 Å². The maximum atomic E-state index is 3.42. The van der Waals surface area contributed by atoms with Gasteiger partial charge in [-0.05, 0) is 5.10 Å². The van der Waals surface area contributed by atoms with Crippen LogP contribution in [-0.2, 0) is 0 Å². The summed E-state index contributed by atoms with van der Waals surface area (Å²) >= 11 is 0. The lowest BCUT2D eigenvalue weighted by molar-refractivity contribution is 1.14. The maximum absolute atomic E-state index is 3.42. The van der Waals surface area contributed by atoms with Gasteiger partial charge in [0.25, 0.3) is 0 Å². The third-order valence-electron chi connectivity index (χ3n) is 0.331. The van der Waals surface area contributed by atoms with Crippen LogP contribution in [0, 0.1) is 0 Å². The Kier molecular flexibility index (Phi) is 0.400. The van der Waals surface area contributed by atoms with E-state index in [0.717, 1.165) is 0 Å². The van der Waals surface area contributed by atoms with Gasteiger partial charge in [0.15, 0.2) is 0 Å². The summed E-state index contributed by atoms with van der Waals surface area (Å²) in [7, 11) is 0. The topological polar surface area (TPSA) is 38.5 Å². The zero-order chi connectivity index (χ0) is 3.54. The molecular weight excluding hydrogens is 66.0 g/mol. The van der Waals surface area contributed by atoms with Crippen molar-refractivity contribution >= 4 is 12.7 Å². The zero-order valence-corrected chi connectivity index (χ0v) is 2.55. The standard InChI is InChI=1S/C2H3N3/c1-3-2-5-4-1/h1-2H,(H,3,4)/q+1. The summed E-state index contributed by atoms with van der Waals surface area (Å²) in [4.78, 5) is 0. The molecule has 0 atom stereocenters. The Morgan fingerprint density at radius 2 is 2.80 bits per heavy atom. The van der Waals surface area contributed by atoms with E-state index in [1.165, 1.54) is 12.7 Å². The molecule has 1 heterocycles. The van der Waals surface area contributed by atoms with Crippen LogP contribution < -0.4 is 10.4 Å². The Hall–Kier alpha value is -0.860. The van der Waals surface area contributed by atoms with E-state index in [-0.39, 0.29) is 0 Å². The van der Waals surface area contributed by atoms with Crippen LogP contribution in [0.2, 0.25) is 0 Å². The summed E-state index contributed by atoms with van der Waals surface area (Å²) in [6.45, 7) is 0. The van der Waals surface area contributed by atoms with Crippen molar-refractivity contribution < 1.29 is 0 Å². The van der Waals surface area contributed by atoms with Crippen molar-refractivity contribution in [1.29, 1.82) is 0 Å². The molecule has 1 aliphatic heterocycles. The van der Waals surface area contributed by atoms with Gasteiger partial charge in [-0.1, -0.05) is 0 Å². The first-order valence-corrected chi connectivity index (χ1v) is 1.29. The largest absolute Gasteiger partial charge is 0.313 e. The summed E-state index contributed by atoms with van der Waals surface area (Å²) in [6, 6.07) is 0. The number of hydrogen-bond donors (Lipinski definition) is 1. The van der Waals surface area contributed by atoms with E-state index in [9.17, 15) is 0 Å². The van der Waals surface area contributed by atoms with Gasteiger partial charge in [-0.2, -0.15) is 0 Å². The Balaban J connectivity index is 2.61. The molecule has 5 heavy (non-hydrogen) atoms. The van der Waals surface area contributed by atoms with E-state index in [1.54, 1.807) is 0 Å². The highest BCUT2D eigenvalue weighted by Gasteiger charge is 1.85. The van der Waals surface area contributed by atoms with Gasteiger partial charge in [0, 0.05) is 0 Å². The molecule has 0 amide bonds. The average Bonchev–Trinajstić information content (AvgIpc) is 1.76. The second-order valence-electron chi connectivity index (χ2n) is 0.656. The van der Waals surface area contributed by atoms with Gasteiger partial charge in [-0.3, -0.25) is 0 Å². The molecule has 0 aromatic rings. The third kappa shape index (κ3) is 0.238. The van der Waals surface area contributed by atoms with Crippen LogP contribution in [0.4, 0.5) is 0 Å². The number of hydrogen-bond acceptors (Lipinski definition) is 3. The van der Waals surface area contributed by atoms with E-state index in [2.05, 4.69) is 15.5 Å². The van der Waals surface area contributed by atoms with Crippen molar-refractivity contribution in [3.8, 4) is 0 Å². The summed E-state index contributed by atoms with van der Waals surface area (Å²) in [5, 5.41) is 9.47. The quantitative estimate of drug-likeness (QED) is 0.385. The number of nitrogens with zero attached hydrogens (tertiary/aromatic N) is 2. The fourth-order valence-corrected chi connectivity index (χ4v) is 0.167. The summed E-state index contributed by atoms with van der Waals surface area (Å²) < 4.78 is 0. The highest BCUT2D eigenvalue weighted by Crippen LogP contribution is 1.49. The second kappa shape index (κ2) is 0.839. The highest BCUT2D eigenvalue weighted by atomic mass is 15.3. The van der Waals surface area contributed by atoms with Gasteiger partial charge in [0.1, 0.15) is 0 Å². The first kappa shape index (κ1) is 2.38. The molecule has 0 saturated heterocycles. The molecule has 0 unspecified atom stereocenters. The maximum Gasteiger partial charge on any atom is 0.313 e. The van der Waals surface area contributed by atoms with Crippen molar-refractivity contribution in [2.24, 2.45) is 5.10 Å². The van der Waals surface area contributed by atoms with Crippen molar-refractivity contribution in [1.82, 2.24) is 10.4 Å². The van der Waals surface area contributed by atoms with E-state index in [4.69, 9.17) is 0 Å². The predicted octanol–water partition coefficient (Wildman–Crippen LogP) is -1.10. The molecule has 1 N–H and O–H groups in total. The van der Waals surface area contributed by atoms with Gasteiger partial charge in [-0.15, -0.1) is 0 Å². The van der Waals surface area contributed by atoms with Crippen LogP contribution in [0.25, 0.3) is 0 Å². The van der Waals surface area contributed by atoms with Crippen molar-refractivity contribution in [3.63, 3.8) is 0 Å². The first-order valence-electron chi connectivity index (χ1n) is 1.29. The molecule has 1 radical (unpaired) electrons. The molecule has 1 aliphatic rings. The Morgan fingerprint density at radius 3 is 3.00 bits per heavy atom. The molecule has 0 aromatic heterocycles. The average molecular weight is 69.1 g/mol. The SMILES string of the molecule is C1=N[N+]=CN1. The van der Waals surface area contributed by atoms with Crippen LogP contribution in [-0.4, -0.2) is 12.7 Å². The van der Waals surface area contributed by atoms with Gasteiger partial charge >= 0.3 is 6.34 Å². The Labute approximate surface area is 29.4 Å². The highest BCUT2D eigenvalue weighted by molar-refractivity contribution is 5.77. The smallest absolute Gasteiger partial charge is 0.229 e. The molecule has 0 bridgehead atoms. The first-order chi connectivity index (χ1) is 2.50. The fourth-order valence-electron chi connectivity index (χ4n) is 0.167. The van der Waals surface area contributed by atoms with Crippen LogP contribution in [0.15, 0.2) is 5.10 Å². The minimum Gasteiger partial charge on any atom is -0.229 e. The fraction of sp³-hybridized carbons (Fsp3) is 0. The lowest BCUT2D eigenvalue weighted by atomic mass is 11.2. The minimum absolute atomic E-state index is 1.51. The van der Waals surface area contributed by atoms with E-state index in [0.29, 0.717) is 0 Å². The lowest BCUT2D eigenvalue weighted by Crippen LogP contribution is -2.01. The molecule has 0 saturated carbocycles. The van der Waals surface area contributed by atoms with Crippen molar-refractivity contribution in [2.75, 3.05) is 0 Å². The van der Waals surface area contributed by atoms with Crippen molar-refractivity contribution in [3.05, 3.63) is 0 Å². The summed E-state index contributed by atoms with van der Waals surface area (Å²) in [5.41, 5.74) is 0. The molecule has 0 spiro atoms. The summed E-state index contributed by atoms with van der Waals surface area (Å²) in [6.07, 6.45) is 3.03. The number of rotatable bonds is 0. The third-order valence-corrected chi connectivity index (χ3v) is 0.331. The molecule has 3 nitrogen and oxygen atoms in total. The Morgan fingerprint density at radius 1 is 1.80 bits per heavy atom. The molecule has 25 valence electrons. The lowest BCUT2D eigenvalue weighted by Gasteiger charge is -1.50. The van der Waals surface area contributed by atoms with Gasteiger partial charge in [0.05, 0.1) is 5.10 Å². The monoisotopic (exact) mass is 69.0 g/mol. The molecule has 0 fully saturated rings. The Bertz CT molecular complexity index is 63.0. The van der Waals surface area contributed by atoms with Crippen molar-refractivity contribution in [2.45, 2.75) is 0 Å². The second-order valence-corrected chi connectivity index (χ2v) is 0.656. The van der Waals surface area contributed by atoms with Gasteiger partial charge in [-0.25, -0.2) is 5.32 Å². The van der Waals surface area contributed by atoms with E-state index < -0.39 is 0 Å². The van der Waals surface area contributed by atoms with Gasteiger partial charge in [0.2, 0.25) is 6.34 Å². The summed E-state index contributed by atoms with van der Waals surface area (Å²) in [5.74, 6) is 0. The predicted molar refractivity (Wildman–Crippen MR) is 19.8 cm³/mol. The molecule has 0 aliphatic carbocycles. The molecule has 0 aromatic carbocycles. The normalized spacial score (nSPS) is 16.0. The molecular formula is C2H3N3+. The van der Waals surface area contributed by atoms with E-state index >= 15 is 0 Å². The minimum atomic E-state index is 1.51. The molecule has 3 heteroatoms. The molecule has 1 rings (SSSR count). The van der Waals surface area contributed by atoms with E-state index in [1.807, 2.05) is 0 Å².